The summed E-state index contributed by atoms with van der Waals surface area (Å²) in [4.78, 5) is 21.4. The molecular formula is C22H31N5O. The predicted octanol–water partition coefficient (Wildman–Crippen LogP) is 2.50. The Morgan fingerprint density at radius 2 is 1.57 bits per heavy atom. The van der Waals surface area contributed by atoms with Crippen molar-refractivity contribution in [2.75, 3.05) is 39.3 Å². The lowest BCUT2D eigenvalue weighted by atomic mass is 9.89. The van der Waals surface area contributed by atoms with Gasteiger partial charge in [0.25, 0.3) is 5.56 Å². The standard InChI is InChI=1S/C22H31N5O/c28-22-7-6-21(20-8-10-23-11-9-20)24-27(22)17-16-25-12-14-26(15-13-25)18-19-4-2-1-3-5-19/h6-11,19H,1-5,12-18H2. The van der Waals surface area contributed by atoms with Gasteiger partial charge in [0.05, 0.1) is 12.2 Å². The average molecular weight is 382 g/mol. The van der Waals surface area contributed by atoms with Crippen LogP contribution in [0.4, 0.5) is 0 Å². The molecule has 0 radical (unpaired) electrons. The summed E-state index contributed by atoms with van der Waals surface area (Å²) >= 11 is 0. The van der Waals surface area contributed by atoms with E-state index in [0.29, 0.717) is 6.54 Å². The van der Waals surface area contributed by atoms with Crippen molar-refractivity contribution in [1.82, 2.24) is 24.6 Å². The number of aromatic nitrogens is 3. The zero-order valence-corrected chi connectivity index (χ0v) is 16.7. The summed E-state index contributed by atoms with van der Waals surface area (Å²) in [5.74, 6) is 0.916. The third-order valence-electron chi connectivity index (χ3n) is 6.18. The second-order valence-electron chi connectivity index (χ2n) is 8.16. The number of piperazine rings is 1. The fourth-order valence-corrected chi connectivity index (χ4v) is 4.45. The molecule has 0 spiro atoms. The van der Waals surface area contributed by atoms with Gasteiger partial charge in [-0.2, -0.15) is 5.10 Å². The molecule has 0 amide bonds. The molecule has 6 nitrogen and oxygen atoms in total. The van der Waals surface area contributed by atoms with Gasteiger partial charge in [-0.25, -0.2) is 4.68 Å². The van der Waals surface area contributed by atoms with Crippen molar-refractivity contribution in [2.45, 2.75) is 38.6 Å². The van der Waals surface area contributed by atoms with E-state index in [0.717, 1.165) is 49.9 Å². The van der Waals surface area contributed by atoms with Gasteiger partial charge in [0.1, 0.15) is 0 Å². The molecule has 1 aliphatic heterocycles. The van der Waals surface area contributed by atoms with E-state index in [-0.39, 0.29) is 5.56 Å². The molecule has 2 aromatic heterocycles. The molecule has 2 aliphatic rings. The zero-order valence-electron chi connectivity index (χ0n) is 16.7. The average Bonchev–Trinajstić information content (AvgIpc) is 2.75. The maximum absolute atomic E-state index is 12.2. The Labute approximate surface area is 167 Å². The highest BCUT2D eigenvalue weighted by Gasteiger charge is 2.21. The van der Waals surface area contributed by atoms with E-state index in [2.05, 4.69) is 19.9 Å². The van der Waals surface area contributed by atoms with Gasteiger partial charge < -0.3 is 4.90 Å². The van der Waals surface area contributed by atoms with Crippen LogP contribution in [-0.2, 0) is 6.54 Å². The highest BCUT2D eigenvalue weighted by atomic mass is 16.1. The van der Waals surface area contributed by atoms with Gasteiger partial charge in [-0.3, -0.25) is 14.7 Å². The molecule has 150 valence electrons. The summed E-state index contributed by atoms with van der Waals surface area (Å²) in [5.41, 5.74) is 1.77. The van der Waals surface area contributed by atoms with Crippen LogP contribution in [0.25, 0.3) is 11.3 Å². The molecule has 0 atom stereocenters. The summed E-state index contributed by atoms with van der Waals surface area (Å²) in [5, 5.41) is 4.56. The Morgan fingerprint density at radius 3 is 2.32 bits per heavy atom. The summed E-state index contributed by atoms with van der Waals surface area (Å²) in [6, 6.07) is 7.24. The van der Waals surface area contributed by atoms with Crippen LogP contribution in [0, 0.1) is 5.92 Å². The summed E-state index contributed by atoms with van der Waals surface area (Å²) in [6.07, 6.45) is 10.6. The third kappa shape index (κ3) is 5.06. The lowest BCUT2D eigenvalue weighted by molar-refractivity contribution is 0.106. The highest BCUT2D eigenvalue weighted by Crippen LogP contribution is 2.24. The molecule has 0 bridgehead atoms. The van der Waals surface area contributed by atoms with Crippen molar-refractivity contribution in [2.24, 2.45) is 5.92 Å². The van der Waals surface area contributed by atoms with Gasteiger partial charge in [0.2, 0.25) is 0 Å². The first-order chi connectivity index (χ1) is 13.8. The SMILES string of the molecule is O=c1ccc(-c2ccncc2)nn1CCN1CCN(CC2CCCCC2)CC1. The molecule has 0 aromatic carbocycles. The lowest BCUT2D eigenvalue weighted by Gasteiger charge is -2.37. The van der Waals surface area contributed by atoms with Crippen LogP contribution in [-0.4, -0.2) is 63.8 Å². The number of hydrogen-bond acceptors (Lipinski definition) is 5. The molecule has 0 unspecified atom stereocenters. The highest BCUT2D eigenvalue weighted by molar-refractivity contribution is 5.56. The van der Waals surface area contributed by atoms with Gasteiger partial charge in [-0.15, -0.1) is 0 Å². The number of pyridine rings is 1. The molecule has 1 aliphatic carbocycles. The topological polar surface area (TPSA) is 54.3 Å². The smallest absolute Gasteiger partial charge is 0.266 e. The number of rotatable bonds is 6. The minimum absolute atomic E-state index is 0.0336. The van der Waals surface area contributed by atoms with Crippen LogP contribution in [0.15, 0.2) is 41.5 Å². The Bertz CT molecular complexity index is 792. The second-order valence-corrected chi connectivity index (χ2v) is 8.16. The molecule has 28 heavy (non-hydrogen) atoms. The van der Waals surface area contributed by atoms with Crippen molar-refractivity contribution < 1.29 is 0 Å². The van der Waals surface area contributed by atoms with Crippen molar-refractivity contribution in [3.8, 4) is 11.3 Å². The number of hydrogen-bond donors (Lipinski definition) is 0. The Kier molecular flexibility index (Phi) is 6.49. The largest absolute Gasteiger partial charge is 0.301 e. The Hall–Kier alpha value is -2.05. The Morgan fingerprint density at radius 1 is 0.857 bits per heavy atom. The van der Waals surface area contributed by atoms with Gasteiger partial charge in [0, 0.05) is 63.3 Å². The normalized spacial score (nSPS) is 19.7. The Balaban J connectivity index is 1.28. The van der Waals surface area contributed by atoms with E-state index in [1.807, 2.05) is 12.1 Å². The fourth-order valence-electron chi connectivity index (χ4n) is 4.45. The van der Waals surface area contributed by atoms with Crippen LogP contribution in [0.1, 0.15) is 32.1 Å². The van der Waals surface area contributed by atoms with E-state index in [9.17, 15) is 4.79 Å². The summed E-state index contributed by atoms with van der Waals surface area (Å²) in [7, 11) is 0. The van der Waals surface area contributed by atoms with Crippen molar-refractivity contribution in [3.63, 3.8) is 0 Å². The minimum atomic E-state index is -0.0336. The minimum Gasteiger partial charge on any atom is -0.301 e. The first kappa shape index (κ1) is 19.3. The first-order valence-corrected chi connectivity index (χ1v) is 10.7. The fraction of sp³-hybridized carbons (Fsp3) is 0.591. The predicted molar refractivity (Wildman–Crippen MR) is 111 cm³/mol. The summed E-state index contributed by atoms with van der Waals surface area (Å²) in [6.45, 7) is 7.27. The van der Waals surface area contributed by atoms with Gasteiger partial charge >= 0.3 is 0 Å². The van der Waals surface area contributed by atoms with Crippen LogP contribution in [0.3, 0.4) is 0 Å². The van der Waals surface area contributed by atoms with Crippen LogP contribution < -0.4 is 5.56 Å². The van der Waals surface area contributed by atoms with Crippen molar-refractivity contribution in [3.05, 3.63) is 47.0 Å². The van der Waals surface area contributed by atoms with Gasteiger partial charge in [0.15, 0.2) is 0 Å². The molecular weight excluding hydrogens is 350 g/mol. The molecule has 6 heteroatoms. The third-order valence-corrected chi connectivity index (χ3v) is 6.18. The molecule has 3 heterocycles. The number of nitrogens with zero attached hydrogens (tertiary/aromatic N) is 5. The van der Waals surface area contributed by atoms with Crippen molar-refractivity contribution >= 4 is 0 Å². The van der Waals surface area contributed by atoms with E-state index >= 15 is 0 Å². The summed E-state index contributed by atoms with van der Waals surface area (Å²) < 4.78 is 1.60. The molecule has 2 fully saturated rings. The molecule has 2 aromatic rings. The van der Waals surface area contributed by atoms with E-state index < -0.39 is 0 Å². The van der Waals surface area contributed by atoms with E-state index in [1.165, 1.54) is 38.6 Å². The zero-order chi connectivity index (χ0) is 19.2. The van der Waals surface area contributed by atoms with Crippen LogP contribution >= 0.6 is 0 Å². The van der Waals surface area contributed by atoms with Gasteiger partial charge in [-0.1, -0.05) is 19.3 Å². The molecule has 0 N–H and O–H groups in total. The lowest BCUT2D eigenvalue weighted by Crippen LogP contribution is -2.48. The second kappa shape index (κ2) is 9.43. The molecule has 1 saturated carbocycles. The van der Waals surface area contributed by atoms with Crippen LogP contribution in [0.5, 0.6) is 0 Å². The first-order valence-electron chi connectivity index (χ1n) is 10.7. The van der Waals surface area contributed by atoms with Crippen molar-refractivity contribution in [1.29, 1.82) is 0 Å². The van der Waals surface area contributed by atoms with Crippen LogP contribution in [0.2, 0.25) is 0 Å². The quantitative estimate of drug-likeness (QED) is 0.770. The molecule has 4 rings (SSSR count). The molecule has 1 saturated heterocycles. The maximum Gasteiger partial charge on any atom is 0.266 e. The van der Waals surface area contributed by atoms with E-state index in [1.54, 1.807) is 29.2 Å². The monoisotopic (exact) mass is 381 g/mol. The van der Waals surface area contributed by atoms with E-state index in [4.69, 9.17) is 0 Å². The van der Waals surface area contributed by atoms with Gasteiger partial charge in [-0.05, 0) is 37.0 Å². The maximum atomic E-state index is 12.2.